The van der Waals surface area contributed by atoms with Gasteiger partial charge in [-0.15, -0.1) is 10.2 Å². The highest BCUT2D eigenvalue weighted by Crippen LogP contribution is 2.31. The summed E-state index contributed by atoms with van der Waals surface area (Å²) in [6, 6.07) is 8.91. The molecule has 1 amide bonds. The van der Waals surface area contributed by atoms with Crippen LogP contribution >= 0.6 is 23.1 Å². The molecule has 146 valence electrons. The van der Waals surface area contributed by atoms with Gasteiger partial charge in [-0.3, -0.25) is 4.79 Å². The van der Waals surface area contributed by atoms with Crippen LogP contribution in [0.3, 0.4) is 0 Å². The maximum absolute atomic E-state index is 13.7. The van der Waals surface area contributed by atoms with E-state index in [-0.39, 0.29) is 5.69 Å². The van der Waals surface area contributed by atoms with Crippen LogP contribution in [0.5, 0.6) is 0 Å². The lowest BCUT2D eigenvalue weighted by atomic mass is 10.1. The third-order valence-electron chi connectivity index (χ3n) is 4.00. The van der Waals surface area contributed by atoms with Crippen molar-refractivity contribution in [3.05, 3.63) is 59.2 Å². The number of carbonyl (C=O) groups is 1. The van der Waals surface area contributed by atoms with Gasteiger partial charge in [0, 0.05) is 11.8 Å². The topological polar surface area (TPSA) is 66.9 Å². The molecule has 0 aliphatic heterocycles. The highest BCUT2D eigenvalue weighted by molar-refractivity contribution is 8.02. The Morgan fingerprint density at radius 2 is 1.89 bits per heavy atom. The van der Waals surface area contributed by atoms with Gasteiger partial charge < -0.3 is 10.6 Å². The Balaban J connectivity index is 1.61. The number of rotatable bonds is 6. The molecule has 9 heteroatoms. The molecule has 1 unspecified atom stereocenters. The SMILES string of the molecule is Cc1ccc(Nc2nnc(SC(C)C(=O)Nc3cc(F)ccc3F)s2)cc1C. The van der Waals surface area contributed by atoms with Gasteiger partial charge in [0.2, 0.25) is 11.0 Å². The number of thioether (sulfide) groups is 1. The van der Waals surface area contributed by atoms with E-state index < -0.39 is 22.8 Å². The zero-order valence-corrected chi connectivity index (χ0v) is 17.0. The van der Waals surface area contributed by atoms with E-state index in [9.17, 15) is 13.6 Å². The molecule has 5 nitrogen and oxygen atoms in total. The monoisotopic (exact) mass is 420 g/mol. The minimum Gasteiger partial charge on any atom is -0.330 e. The number of carbonyl (C=O) groups excluding carboxylic acids is 1. The molecule has 0 aliphatic rings. The number of amides is 1. The van der Waals surface area contributed by atoms with E-state index in [1.54, 1.807) is 6.92 Å². The van der Waals surface area contributed by atoms with Crippen LogP contribution in [-0.2, 0) is 4.79 Å². The van der Waals surface area contributed by atoms with Crippen molar-refractivity contribution in [2.45, 2.75) is 30.4 Å². The molecular weight excluding hydrogens is 402 g/mol. The molecule has 0 spiro atoms. The summed E-state index contributed by atoms with van der Waals surface area (Å²) < 4.78 is 27.5. The number of benzene rings is 2. The first-order valence-electron chi connectivity index (χ1n) is 8.42. The van der Waals surface area contributed by atoms with Gasteiger partial charge in [0.25, 0.3) is 0 Å². The number of hydrogen-bond donors (Lipinski definition) is 2. The molecule has 0 bridgehead atoms. The molecule has 0 saturated carbocycles. The fourth-order valence-electron chi connectivity index (χ4n) is 2.28. The molecule has 3 aromatic rings. The Bertz CT molecular complexity index is 1010. The number of hydrogen-bond acceptors (Lipinski definition) is 6. The second-order valence-corrected chi connectivity index (χ2v) is 8.74. The van der Waals surface area contributed by atoms with E-state index in [0.29, 0.717) is 9.47 Å². The van der Waals surface area contributed by atoms with E-state index in [4.69, 9.17) is 0 Å². The average Bonchev–Trinajstić information content (AvgIpc) is 3.08. The van der Waals surface area contributed by atoms with Gasteiger partial charge in [0.15, 0.2) is 4.34 Å². The van der Waals surface area contributed by atoms with E-state index >= 15 is 0 Å². The molecule has 2 N–H and O–H groups in total. The highest BCUT2D eigenvalue weighted by atomic mass is 32.2. The van der Waals surface area contributed by atoms with Crippen molar-refractivity contribution in [2.24, 2.45) is 0 Å². The largest absolute Gasteiger partial charge is 0.330 e. The van der Waals surface area contributed by atoms with Gasteiger partial charge >= 0.3 is 0 Å². The summed E-state index contributed by atoms with van der Waals surface area (Å²) in [4.78, 5) is 12.3. The molecule has 0 fully saturated rings. The summed E-state index contributed by atoms with van der Waals surface area (Å²) in [5.41, 5.74) is 3.09. The van der Waals surface area contributed by atoms with Gasteiger partial charge in [-0.25, -0.2) is 8.78 Å². The predicted octanol–water partition coefficient (Wildman–Crippen LogP) is 5.30. The first-order chi connectivity index (χ1) is 13.3. The van der Waals surface area contributed by atoms with Crippen molar-refractivity contribution >= 4 is 45.5 Å². The van der Waals surface area contributed by atoms with Crippen LogP contribution in [0.25, 0.3) is 0 Å². The quantitative estimate of drug-likeness (QED) is 0.530. The van der Waals surface area contributed by atoms with Gasteiger partial charge in [-0.05, 0) is 56.2 Å². The normalized spacial score (nSPS) is 11.9. The average molecular weight is 421 g/mol. The number of anilines is 3. The van der Waals surface area contributed by atoms with Crippen molar-refractivity contribution in [1.82, 2.24) is 10.2 Å². The molecule has 3 rings (SSSR count). The van der Waals surface area contributed by atoms with Crippen LogP contribution in [0.1, 0.15) is 18.1 Å². The van der Waals surface area contributed by atoms with Crippen molar-refractivity contribution in [2.75, 3.05) is 10.6 Å². The molecule has 1 atom stereocenters. The van der Waals surface area contributed by atoms with Gasteiger partial charge in [-0.1, -0.05) is 29.2 Å². The fourth-order valence-corrected chi connectivity index (χ4v) is 4.20. The van der Waals surface area contributed by atoms with E-state index in [0.717, 1.165) is 23.9 Å². The summed E-state index contributed by atoms with van der Waals surface area (Å²) in [5.74, 6) is -1.76. The van der Waals surface area contributed by atoms with Crippen LogP contribution in [0.15, 0.2) is 40.7 Å². The summed E-state index contributed by atoms with van der Waals surface area (Å²) in [5, 5.41) is 13.8. The Morgan fingerprint density at radius 3 is 2.64 bits per heavy atom. The van der Waals surface area contributed by atoms with Crippen molar-refractivity contribution in [3.63, 3.8) is 0 Å². The Hall–Kier alpha value is -2.52. The van der Waals surface area contributed by atoms with Crippen LogP contribution in [0.2, 0.25) is 0 Å². The minimum absolute atomic E-state index is 0.188. The zero-order chi connectivity index (χ0) is 20.3. The second kappa shape index (κ2) is 8.66. The van der Waals surface area contributed by atoms with Crippen LogP contribution < -0.4 is 10.6 Å². The Kier molecular flexibility index (Phi) is 6.25. The maximum Gasteiger partial charge on any atom is 0.237 e. The van der Waals surface area contributed by atoms with Gasteiger partial charge in [-0.2, -0.15) is 0 Å². The molecule has 0 radical (unpaired) electrons. The highest BCUT2D eigenvalue weighted by Gasteiger charge is 2.19. The molecule has 0 aliphatic carbocycles. The Morgan fingerprint density at radius 1 is 1.11 bits per heavy atom. The third-order valence-corrected chi connectivity index (χ3v) is 6.02. The Labute approximate surface area is 169 Å². The smallest absolute Gasteiger partial charge is 0.237 e. The lowest BCUT2D eigenvalue weighted by Gasteiger charge is -2.11. The number of nitrogens with zero attached hydrogens (tertiary/aromatic N) is 2. The number of nitrogens with one attached hydrogen (secondary N) is 2. The maximum atomic E-state index is 13.7. The number of aryl methyl sites for hydroxylation is 2. The van der Waals surface area contributed by atoms with Crippen LogP contribution in [0, 0.1) is 25.5 Å². The fraction of sp³-hybridized carbons (Fsp3) is 0.211. The molecule has 28 heavy (non-hydrogen) atoms. The summed E-state index contributed by atoms with van der Waals surface area (Å²) in [6.45, 7) is 5.74. The minimum atomic E-state index is -0.692. The second-order valence-electron chi connectivity index (χ2n) is 6.17. The van der Waals surface area contributed by atoms with Crippen molar-refractivity contribution in [1.29, 1.82) is 0 Å². The lowest BCUT2D eigenvalue weighted by Crippen LogP contribution is -2.23. The molecule has 1 aromatic heterocycles. The lowest BCUT2D eigenvalue weighted by molar-refractivity contribution is -0.115. The zero-order valence-electron chi connectivity index (χ0n) is 15.4. The third kappa shape index (κ3) is 5.05. The predicted molar refractivity (Wildman–Crippen MR) is 109 cm³/mol. The van der Waals surface area contributed by atoms with E-state index in [2.05, 4.69) is 20.8 Å². The standard InChI is InChI=1S/C19H18F2N4OS2/c1-10-4-6-14(8-11(10)2)22-18-24-25-19(28-18)27-12(3)17(26)23-16-9-13(20)5-7-15(16)21/h4-9,12H,1-3H3,(H,22,24)(H,23,26). The van der Waals surface area contributed by atoms with Crippen LogP contribution in [0.4, 0.5) is 25.3 Å². The summed E-state index contributed by atoms with van der Waals surface area (Å²) >= 11 is 2.51. The molecule has 2 aromatic carbocycles. The van der Waals surface area contributed by atoms with E-state index in [1.807, 2.05) is 32.0 Å². The van der Waals surface area contributed by atoms with Gasteiger partial charge in [0.1, 0.15) is 11.6 Å². The first-order valence-corrected chi connectivity index (χ1v) is 10.1. The van der Waals surface area contributed by atoms with Gasteiger partial charge in [0.05, 0.1) is 10.9 Å². The molecule has 1 heterocycles. The van der Waals surface area contributed by atoms with Crippen molar-refractivity contribution < 1.29 is 13.6 Å². The number of aromatic nitrogens is 2. The molecule has 0 saturated heterocycles. The summed E-state index contributed by atoms with van der Waals surface area (Å²) in [7, 11) is 0. The van der Waals surface area contributed by atoms with Crippen LogP contribution in [-0.4, -0.2) is 21.4 Å². The summed E-state index contributed by atoms with van der Waals surface area (Å²) in [6.07, 6.45) is 0. The molecular formula is C19H18F2N4OS2. The number of halogens is 2. The first kappa shape index (κ1) is 20.2. The van der Waals surface area contributed by atoms with Crippen molar-refractivity contribution in [3.8, 4) is 0 Å². The van der Waals surface area contributed by atoms with E-state index in [1.165, 1.54) is 34.2 Å².